The van der Waals surface area contributed by atoms with Crippen molar-refractivity contribution in [2.45, 2.75) is 45.3 Å². The summed E-state index contributed by atoms with van der Waals surface area (Å²) in [6.07, 6.45) is 9.16. The molecule has 2 aliphatic heterocycles. The summed E-state index contributed by atoms with van der Waals surface area (Å²) in [5, 5.41) is 3.50. The Labute approximate surface area is 274 Å². The number of amides is 1. The van der Waals surface area contributed by atoms with Crippen molar-refractivity contribution in [1.29, 1.82) is 0 Å². The molecule has 0 atom stereocenters. The molecule has 1 amide bonds. The Morgan fingerprint density at radius 1 is 0.891 bits per heavy atom. The van der Waals surface area contributed by atoms with Crippen molar-refractivity contribution >= 4 is 40.7 Å². The molecule has 0 saturated carbocycles. The molecule has 46 heavy (non-hydrogen) atoms. The zero-order valence-corrected chi connectivity index (χ0v) is 27.8. The molecule has 3 aromatic heterocycles. The molecule has 1 aromatic carbocycles. The molecule has 13 heteroatoms. The van der Waals surface area contributed by atoms with Gasteiger partial charge in [-0.05, 0) is 45.7 Å². The number of anilines is 3. The summed E-state index contributed by atoms with van der Waals surface area (Å²) in [6.45, 7) is 10.6. The molecular weight excluding hydrogens is 608 g/mol. The van der Waals surface area contributed by atoms with Crippen LogP contribution in [0.3, 0.4) is 0 Å². The Kier molecular flexibility index (Phi) is 8.99. The molecule has 2 fully saturated rings. The summed E-state index contributed by atoms with van der Waals surface area (Å²) < 4.78 is 18.3. The highest BCUT2D eigenvalue weighted by atomic mass is 35.5. The summed E-state index contributed by atoms with van der Waals surface area (Å²) in [7, 11) is 3.20. The number of hydrogen-bond donors (Lipinski definition) is 1. The molecule has 4 aromatic rings. The molecule has 0 spiro atoms. The van der Waals surface area contributed by atoms with Crippen molar-refractivity contribution in [3.63, 3.8) is 0 Å². The molecule has 2 saturated heterocycles. The second-order valence-electron chi connectivity index (χ2n) is 12.6. The maximum Gasteiger partial charge on any atom is 0.407 e. The summed E-state index contributed by atoms with van der Waals surface area (Å²) in [4.78, 5) is 33.3. The minimum atomic E-state index is -0.500. The number of nitrogens with one attached hydrogen (secondary N) is 1. The fourth-order valence-electron chi connectivity index (χ4n) is 5.92. The average Bonchev–Trinajstić information content (AvgIpc) is 3.48. The fraction of sp³-hybridized carbons (Fsp3) is 0.455. The molecule has 6 rings (SSSR count). The van der Waals surface area contributed by atoms with Crippen LogP contribution in [-0.4, -0.2) is 90.6 Å². The highest BCUT2D eigenvalue weighted by molar-refractivity contribution is 6.32. The van der Waals surface area contributed by atoms with E-state index in [2.05, 4.69) is 32.1 Å². The van der Waals surface area contributed by atoms with Gasteiger partial charge in [0.25, 0.3) is 0 Å². The van der Waals surface area contributed by atoms with Gasteiger partial charge in [-0.2, -0.15) is 0 Å². The lowest BCUT2D eigenvalue weighted by Crippen LogP contribution is -2.47. The summed E-state index contributed by atoms with van der Waals surface area (Å²) >= 11 is 6.41. The number of benzene rings is 1. The quantitative estimate of drug-likeness (QED) is 0.284. The molecule has 0 bridgehead atoms. The number of imidazole rings is 1. The first kappa shape index (κ1) is 31.5. The predicted octanol–water partition coefficient (Wildman–Crippen LogP) is 5.28. The van der Waals surface area contributed by atoms with Gasteiger partial charge < -0.3 is 38.6 Å². The number of hydrogen-bond acceptors (Lipinski definition) is 10. The Balaban J connectivity index is 1.04. The number of methoxy groups -OCH3 is 2. The number of rotatable bonds is 7. The maximum atomic E-state index is 12.1. The molecule has 12 nitrogen and oxygen atoms in total. The van der Waals surface area contributed by atoms with E-state index in [0.29, 0.717) is 16.5 Å². The van der Waals surface area contributed by atoms with Crippen LogP contribution < -0.4 is 29.5 Å². The Hall–Kier alpha value is -4.45. The third-order valence-corrected chi connectivity index (χ3v) is 8.62. The van der Waals surface area contributed by atoms with E-state index >= 15 is 0 Å². The monoisotopic (exact) mass is 648 g/mol. The number of nitrogens with zero attached hydrogens (tertiary/aromatic N) is 7. The Morgan fingerprint density at radius 2 is 1.54 bits per heavy atom. The van der Waals surface area contributed by atoms with Gasteiger partial charge in [0.2, 0.25) is 5.95 Å². The lowest BCUT2D eigenvalue weighted by Gasteiger charge is -2.36. The van der Waals surface area contributed by atoms with Crippen molar-refractivity contribution in [2.24, 2.45) is 0 Å². The van der Waals surface area contributed by atoms with Gasteiger partial charge in [-0.15, -0.1) is 0 Å². The first-order valence-corrected chi connectivity index (χ1v) is 15.9. The molecule has 0 radical (unpaired) electrons. The van der Waals surface area contributed by atoms with Crippen LogP contribution in [0.2, 0.25) is 5.02 Å². The number of carbonyl (C=O) groups excluding carboxylic acids is 1. The summed E-state index contributed by atoms with van der Waals surface area (Å²) in [6, 6.07) is 7.93. The fourth-order valence-corrected chi connectivity index (χ4v) is 6.16. The third kappa shape index (κ3) is 7.01. The van der Waals surface area contributed by atoms with Crippen LogP contribution in [-0.2, 0) is 4.74 Å². The van der Waals surface area contributed by atoms with Crippen molar-refractivity contribution < 1.29 is 19.0 Å². The van der Waals surface area contributed by atoms with Crippen LogP contribution in [0.1, 0.15) is 33.6 Å². The van der Waals surface area contributed by atoms with E-state index in [-0.39, 0.29) is 12.1 Å². The van der Waals surface area contributed by atoms with Crippen molar-refractivity contribution in [3.8, 4) is 22.8 Å². The largest absolute Gasteiger partial charge is 0.496 e. The molecule has 0 unspecified atom stereocenters. The van der Waals surface area contributed by atoms with Crippen LogP contribution in [0.4, 0.5) is 22.1 Å². The van der Waals surface area contributed by atoms with Crippen molar-refractivity contribution in [2.75, 3.05) is 68.2 Å². The number of carbonyl (C=O) groups is 1. The van der Waals surface area contributed by atoms with Crippen molar-refractivity contribution in [1.82, 2.24) is 24.7 Å². The number of pyridine rings is 1. The second kappa shape index (κ2) is 13.1. The van der Waals surface area contributed by atoms with E-state index in [0.717, 1.165) is 86.3 Å². The molecule has 5 heterocycles. The van der Waals surface area contributed by atoms with E-state index in [1.807, 2.05) is 56.0 Å². The van der Waals surface area contributed by atoms with Crippen LogP contribution in [0.15, 0.2) is 49.1 Å². The second-order valence-corrected chi connectivity index (χ2v) is 13.0. The Bertz CT molecular complexity index is 1670. The highest BCUT2D eigenvalue weighted by Crippen LogP contribution is 2.38. The van der Waals surface area contributed by atoms with E-state index < -0.39 is 5.60 Å². The normalized spacial score (nSPS) is 16.1. The van der Waals surface area contributed by atoms with Gasteiger partial charge >= 0.3 is 6.09 Å². The predicted molar refractivity (Wildman–Crippen MR) is 180 cm³/mol. The Morgan fingerprint density at radius 3 is 2.20 bits per heavy atom. The number of alkyl carbamates (subject to hydrolysis) is 1. The van der Waals surface area contributed by atoms with Gasteiger partial charge in [-0.25, -0.2) is 19.7 Å². The van der Waals surface area contributed by atoms with Crippen LogP contribution in [0.25, 0.3) is 16.9 Å². The maximum absolute atomic E-state index is 12.1. The number of piperazine rings is 1. The average molecular weight is 649 g/mol. The van der Waals surface area contributed by atoms with Gasteiger partial charge in [0.05, 0.1) is 43.0 Å². The zero-order valence-electron chi connectivity index (χ0n) is 27.0. The number of fused-ring (bicyclic) bond motifs is 1. The van der Waals surface area contributed by atoms with Gasteiger partial charge in [0, 0.05) is 81.1 Å². The van der Waals surface area contributed by atoms with Gasteiger partial charge in [0.1, 0.15) is 22.7 Å². The van der Waals surface area contributed by atoms with E-state index in [1.54, 1.807) is 20.3 Å². The van der Waals surface area contributed by atoms with Crippen molar-refractivity contribution in [3.05, 3.63) is 54.1 Å². The number of piperidine rings is 1. The van der Waals surface area contributed by atoms with E-state index in [4.69, 9.17) is 40.8 Å². The summed E-state index contributed by atoms with van der Waals surface area (Å²) in [5.74, 6) is 1.94. The van der Waals surface area contributed by atoms with Gasteiger partial charge in [-0.3, -0.25) is 0 Å². The van der Waals surface area contributed by atoms with E-state index in [9.17, 15) is 4.79 Å². The van der Waals surface area contributed by atoms with Gasteiger partial charge in [-0.1, -0.05) is 11.6 Å². The first-order valence-electron chi connectivity index (χ1n) is 15.6. The third-order valence-electron chi connectivity index (χ3n) is 8.33. The minimum absolute atomic E-state index is 0.106. The van der Waals surface area contributed by atoms with E-state index in [1.165, 1.54) is 0 Å². The topological polar surface area (TPSA) is 110 Å². The molecule has 0 aliphatic carbocycles. The van der Waals surface area contributed by atoms with Crippen LogP contribution in [0, 0.1) is 0 Å². The number of halogens is 1. The summed E-state index contributed by atoms with van der Waals surface area (Å²) in [5.41, 5.74) is 4.03. The molecule has 2 aliphatic rings. The number of aromatic nitrogens is 4. The van der Waals surface area contributed by atoms with Crippen LogP contribution in [0.5, 0.6) is 11.5 Å². The van der Waals surface area contributed by atoms with Crippen LogP contribution >= 0.6 is 11.6 Å². The molecule has 244 valence electrons. The highest BCUT2D eigenvalue weighted by Gasteiger charge is 2.25. The first-order chi connectivity index (χ1) is 22.1. The lowest BCUT2D eigenvalue weighted by atomic mass is 10.1. The zero-order chi connectivity index (χ0) is 32.4. The van der Waals surface area contributed by atoms with Gasteiger partial charge in [0.15, 0.2) is 0 Å². The molecular formula is C33H41ClN8O4. The minimum Gasteiger partial charge on any atom is -0.496 e. The smallest absolute Gasteiger partial charge is 0.407 e. The SMILES string of the molecule is COc1cc(OC)c(-c2cn3ccc(N4CCN(c5ncc(N6CCC(NC(=O)OC(C)(C)C)CC6)cn5)CC4)cc3n2)cc1Cl. The standard InChI is InChI=1S/C33H41ClN8O4/c1-33(2,3)46-32(43)37-22-6-9-39(10-7-22)24-19-35-31(36-20-24)41-14-12-40(13-15-41)23-8-11-42-21-27(38-30(42)16-23)25-17-26(34)29(45-5)18-28(25)44-4/h8,11,16-22H,6-7,9-10,12-15H2,1-5H3,(H,37,43). The number of ether oxygens (including phenoxy) is 3. The lowest BCUT2D eigenvalue weighted by molar-refractivity contribution is 0.0497. The molecule has 1 N–H and O–H groups in total.